The van der Waals surface area contributed by atoms with Gasteiger partial charge >= 0.3 is 110 Å². The van der Waals surface area contributed by atoms with Gasteiger partial charge in [0.1, 0.15) is 0 Å². The molecule has 0 spiro atoms. The molecule has 0 atom stereocenters. The zero-order valence-corrected chi connectivity index (χ0v) is 14.2. The van der Waals surface area contributed by atoms with Gasteiger partial charge in [-0.25, -0.2) is 0 Å². The number of likely N-dealkylation sites (N-methyl/N-ethyl adjacent to an activating group) is 1. The summed E-state index contributed by atoms with van der Waals surface area (Å²) in [5.41, 5.74) is 1.36. The molecule has 0 unspecified atom stereocenters. The molecule has 17 heavy (non-hydrogen) atoms. The fourth-order valence-corrected chi connectivity index (χ4v) is 5.04. The van der Waals surface area contributed by atoms with E-state index >= 15 is 0 Å². The van der Waals surface area contributed by atoms with E-state index in [2.05, 4.69) is 39.1 Å². The quantitative estimate of drug-likeness (QED) is 0.737. The normalized spacial score (nSPS) is 11.6. The second-order valence-corrected chi connectivity index (χ2v) is 20.1. The zero-order chi connectivity index (χ0) is 12.9. The minimum atomic E-state index is -1.88. The topological polar surface area (TPSA) is 20.3 Å². The molecule has 4 heteroatoms. The number of benzene rings is 1. The van der Waals surface area contributed by atoms with Gasteiger partial charge in [0.05, 0.1) is 0 Å². The molecule has 0 aliphatic heterocycles. The first-order valence-corrected chi connectivity index (χ1v) is 16.1. The van der Waals surface area contributed by atoms with Crippen molar-refractivity contribution in [2.24, 2.45) is 0 Å². The van der Waals surface area contributed by atoms with Crippen molar-refractivity contribution in [2.45, 2.75) is 21.2 Å². The van der Waals surface area contributed by atoms with Crippen LogP contribution in [0.3, 0.4) is 0 Å². The van der Waals surface area contributed by atoms with Crippen molar-refractivity contribution in [1.82, 2.24) is 4.90 Å². The van der Waals surface area contributed by atoms with E-state index in [-0.39, 0.29) is 0 Å². The zero-order valence-electron chi connectivity index (χ0n) is 11.4. The standard InChI is InChI=1S/C10H13BNO.3CH3.Sn/c1-12(9-11-13)8-7-10-5-3-2-4-6-10;;;;/h3-6H,7-9H2,1H3;3*1H3;. The Hall–Kier alpha value is -0.156. The van der Waals surface area contributed by atoms with Crippen LogP contribution in [0, 0.1) is 0 Å². The number of hydrogen-bond acceptors (Lipinski definition) is 2. The van der Waals surface area contributed by atoms with Crippen molar-refractivity contribution in [3.05, 3.63) is 29.8 Å². The van der Waals surface area contributed by atoms with Gasteiger partial charge in [0.15, 0.2) is 0 Å². The molecule has 92 valence electrons. The Bertz CT molecular complexity index is 359. The molecule has 0 heterocycles. The average Bonchev–Trinajstić information content (AvgIpc) is 2.26. The summed E-state index contributed by atoms with van der Waals surface area (Å²) in [4.78, 5) is 9.34. The van der Waals surface area contributed by atoms with E-state index in [1.807, 2.05) is 11.9 Å². The van der Waals surface area contributed by atoms with E-state index in [0.717, 1.165) is 20.1 Å². The molecule has 0 aliphatic carbocycles. The Morgan fingerprint density at radius 2 is 1.76 bits per heavy atom. The van der Waals surface area contributed by atoms with Crippen molar-refractivity contribution in [3.63, 3.8) is 0 Å². The Kier molecular flexibility index (Phi) is 5.86. The predicted molar refractivity (Wildman–Crippen MR) is 77.1 cm³/mol. The van der Waals surface area contributed by atoms with Crippen LogP contribution >= 0.6 is 0 Å². The molecule has 1 aromatic carbocycles. The molecule has 0 aliphatic rings. The van der Waals surface area contributed by atoms with Crippen LogP contribution in [-0.4, -0.2) is 50.5 Å². The summed E-state index contributed by atoms with van der Waals surface area (Å²) in [5.74, 6) is 0. The maximum absolute atomic E-state index is 10.3. The maximum atomic E-state index is 10.3. The van der Waals surface area contributed by atoms with Gasteiger partial charge < -0.3 is 0 Å². The molecule has 0 N–H and O–H groups in total. The third-order valence-electron chi connectivity index (χ3n) is 2.99. The van der Waals surface area contributed by atoms with Crippen molar-refractivity contribution in [3.8, 4) is 0 Å². The minimum absolute atomic E-state index is 0.524. The van der Waals surface area contributed by atoms with Gasteiger partial charge in [-0.15, -0.1) is 0 Å². The summed E-state index contributed by atoms with van der Waals surface area (Å²) in [6.45, 7) is 0.941. The fraction of sp³-hybridized carbons (Fsp3) is 0.538. The molecule has 0 saturated carbocycles. The third kappa shape index (κ3) is 5.34. The Morgan fingerprint density at radius 1 is 1.18 bits per heavy atom. The van der Waals surface area contributed by atoms with Gasteiger partial charge in [-0.2, -0.15) is 0 Å². The Morgan fingerprint density at radius 3 is 2.24 bits per heavy atom. The molecular weight excluding hydrogens is 316 g/mol. The predicted octanol–water partition coefficient (Wildman–Crippen LogP) is 1.71. The van der Waals surface area contributed by atoms with Crippen LogP contribution in [0.15, 0.2) is 24.3 Å². The van der Waals surface area contributed by atoms with Crippen LogP contribution in [0.1, 0.15) is 5.56 Å². The SMILES string of the molecule is CN(CB=O)CCc1cc[c]([Sn]([CH3])([CH3])[CH3])cc1. The molecule has 0 aromatic heterocycles. The summed E-state index contributed by atoms with van der Waals surface area (Å²) in [7, 11) is 2.94. The van der Waals surface area contributed by atoms with Gasteiger partial charge in [0, 0.05) is 0 Å². The molecule has 0 bridgehead atoms. The third-order valence-corrected chi connectivity index (χ3v) is 8.88. The summed E-state index contributed by atoms with van der Waals surface area (Å²) in [6, 6.07) is 9.08. The van der Waals surface area contributed by atoms with Crippen LogP contribution < -0.4 is 3.58 Å². The Labute approximate surface area is 110 Å². The van der Waals surface area contributed by atoms with E-state index in [9.17, 15) is 4.70 Å². The average molecular weight is 338 g/mol. The summed E-state index contributed by atoms with van der Waals surface area (Å²) in [6.07, 6.45) is 1.54. The van der Waals surface area contributed by atoms with Crippen LogP contribution in [0.5, 0.6) is 0 Å². The molecule has 2 nitrogen and oxygen atoms in total. The van der Waals surface area contributed by atoms with Crippen LogP contribution in [0.2, 0.25) is 14.8 Å². The van der Waals surface area contributed by atoms with E-state index in [1.54, 1.807) is 3.58 Å². The van der Waals surface area contributed by atoms with E-state index in [4.69, 9.17) is 0 Å². The van der Waals surface area contributed by atoms with Gasteiger partial charge in [-0.1, -0.05) is 0 Å². The first-order valence-electron chi connectivity index (χ1n) is 6.15. The van der Waals surface area contributed by atoms with Gasteiger partial charge in [0.25, 0.3) is 0 Å². The van der Waals surface area contributed by atoms with Crippen molar-refractivity contribution < 1.29 is 4.70 Å². The number of hydrogen-bond donors (Lipinski definition) is 0. The molecule has 0 fully saturated rings. The first-order chi connectivity index (χ1) is 7.93. The van der Waals surface area contributed by atoms with Gasteiger partial charge in [-0.05, 0) is 0 Å². The summed E-state index contributed by atoms with van der Waals surface area (Å²) < 4.78 is 11.9. The van der Waals surface area contributed by atoms with E-state index in [1.165, 1.54) is 5.56 Å². The fourth-order valence-electron chi connectivity index (χ4n) is 1.71. The number of rotatable bonds is 6. The van der Waals surface area contributed by atoms with Crippen molar-refractivity contribution in [1.29, 1.82) is 0 Å². The van der Waals surface area contributed by atoms with Crippen LogP contribution in [0.4, 0.5) is 0 Å². The number of nitrogens with zero attached hydrogens (tertiary/aromatic N) is 1. The molecule has 1 aromatic rings. The van der Waals surface area contributed by atoms with Crippen LogP contribution in [0.25, 0.3) is 0 Å². The molecular formula is C13H22BNOSn. The molecule has 0 radical (unpaired) electrons. The molecule has 0 amide bonds. The van der Waals surface area contributed by atoms with Gasteiger partial charge in [-0.3, -0.25) is 0 Å². The van der Waals surface area contributed by atoms with Crippen molar-refractivity contribution in [2.75, 3.05) is 20.0 Å². The Balaban J connectivity index is 2.54. The molecule has 1 rings (SSSR count). The van der Waals surface area contributed by atoms with E-state index < -0.39 is 18.4 Å². The molecule has 0 saturated heterocycles. The van der Waals surface area contributed by atoms with E-state index in [0.29, 0.717) is 6.44 Å². The summed E-state index contributed by atoms with van der Waals surface area (Å²) >= 11 is -1.88. The van der Waals surface area contributed by atoms with Gasteiger partial charge in [0.2, 0.25) is 0 Å². The summed E-state index contributed by atoms with van der Waals surface area (Å²) in [5, 5.41) is 0. The first kappa shape index (κ1) is 14.9. The van der Waals surface area contributed by atoms with Crippen LogP contribution in [-0.2, 0) is 11.1 Å². The second-order valence-electron chi connectivity index (χ2n) is 5.63. The monoisotopic (exact) mass is 339 g/mol. The second kappa shape index (κ2) is 6.69. The van der Waals surface area contributed by atoms with Crippen molar-refractivity contribution >= 4 is 29.1 Å².